The van der Waals surface area contributed by atoms with E-state index in [2.05, 4.69) is 5.32 Å². The second-order valence-electron chi connectivity index (χ2n) is 8.43. The second-order valence-corrected chi connectivity index (χ2v) is 8.43. The van der Waals surface area contributed by atoms with Crippen molar-refractivity contribution in [3.63, 3.8) is 0 Å². The summed E-state index contributed by atoms with van der Waals surface area (Å²) in [7, 11) is 0. The molecular weight excluding hydrogens is 344 g/mol. The average Bonchev–Trinajstić information content (AvgIpc) is 2.98. The number of carbonyl (C=O) groups is 2. The van der Waals surface area contributed by atoms with Gasteiger partial charge in [0.2, 0.25) is 5.91 Å². The molecule has 1 aliphatic rings. The van der Waals surface area contributed by atoms with E-state index < -0.39 is 5.54 Å². The summed E-state index contributed by atoms with van der Waals surface area (Å²) in [6, 6.07) is 7.59. The fourth-order valence-electron chi connectivity index (χ4n) is 3.18. The highest BCUT2D eigenvalue weighted by molar-refractivity contribution is 5.80. The SMILES string of the molecule is Cc1cccc(OCC(=O)NCC2(C)CCCN2C(=O)COC(C)(C)C)c1. The van der Waals surface area contributed by atoms with E-state index in [0.29, 0.717) is 18.8 Å². The van der Waals surface area contributed by atoms with E-state index in [-0.39, 0.29) is 30.6 Å². The minimum atomic E-state index is -0.392. The molecule has 0 aliphatic carbocycles. The van der Waals surface area contributed by atoms with Gasteiger partial charge in [-0.15, -0.1) is 0 Å². The molecule has 2 rings (SSSR count). The fourth-order valence-corrected chi connectivity index (χ4v) is 3.18. The molecule has 0 saturated carbocycles. The quantitative estimate of drug-likeness (QED) is 0.794. The molecule has 1 saturated heterocycles. The van der Waals surface area contributed by atoms with Gasteiger partial charge in [0.25, 0.3) is 5.91 Å². The number of hydrogen-bond donors (Lipinski definition) is 1. The van der Waals surface area contributed by atoms with Gasteiger partial charge in [-0.3, -0.25) is 9.59 Å². The Morgan fingerprint density at radius 2 is 2.00 bits per heavy atom. The van der Waals surface area contributed by atoms with Crippen LogP contribution in [0.4, 0.5) is 0 Å². The van der Waals surface area contributed by atoms with Gasteiger partial charge in [0.05, 0.1) is 11.1 Å². The van der Waals surface area contributed by atoms with Gasteiger partial charge in [0.1, 0.15) is 12.4 Å². The first-order valence-electron chi connectivity index (χ1n) is 9.50. The Kier molecular flexibility index (Phi) is 6.87. The molecule has 1 atom stereocenters. The summed E-state index contributed by atoms with van der Waals surface area (Å²) >= 11 is 0. The zero-order chi connectivity index (χ0) is 20.1. The maximum absolute atomic E-state index is 12.6. The smallest absolute Gasteiger partial charge is 0.258 e. The molecule has 0 spiro atoms. The van der Waals surface area contributed by atoms with E-state index in [9.17, 15) is 9.59 Å². The van der Waals surface area contributed by atoms with Crippen molar-refractivity contribution >= 4 is 11.8 Å². The van der Waals surface area contributed by atoms with Crippen LogP contribution in [0.2, 0.25) is 0 Å². The van der Waals surface area contributed by atoms with Gasteiger partial charge in [-0.2, -0.15) is 0 Å². The molecular formula is C21H32N2O4. The number of nitrogens with one attached hydrogen (secondary N) is 1. The predicted octanol–water partition coefficient (Wildman–Crippen LogP) is 2.69. The van der Waals surface area contributed by atoms with E-state index >= 15 is 0 Å². The van der Waals surface area contributed by atoms with Crippen LogP contribution in [0.5, 0.6) is 5.75 Å². The van der Waals surface area contributed by atoms with E-state index in [1.807, 2.05) is 63.8 Å². The number of ether oxygens (including phenoxy) is 2. The van der Waals surface area contributed by atoms with Crippen LogP contribution in [0.25, 0.3) is 0 Å². The first kappa shape index (κ1) is 21.2. The van der Waals surface area contributed by atoms with Crippen molar-refractivity contribution in [3.05, 3.63) is 29.8 Å². The third-order valence-electron chi connectivity index (χ3n) is 4.70. The summed E-state index contributed by atoms with van der Waals surface area (Å²) in [5.41, 5.74) is 0.336. The fraction of sp³-hybridized carbons (Fsp3) is 0.619. The van der Waals surface area contributed by atoms with E-state index in [0.717, 1.165) is 18.4 Å². The number of likely N-dealkylation sites (tertiary alicyclic amines) is 1. The Morgan fingerprint density at radius 3 is 2.67 bits per heavy atom. The summed E-state index contributed by atoms with van der Waals surface area (Å²) in [6.45, 7) is 10.9. The molecule has 1 aromatic carbocycles. The Labute approximate surface area is 162 Å². The zero-order valence-corrected chi connectivity index (χ0v) is 17.1. The van der Waals surface area contributed by atoms with E-state index in [4.69, 9.17) is 9.47 Å². The molecule has 0 bridgehead atoms. The molecule has 2 amide bonds. The van der Waals surface area contributed by atoms with Gasteiger partial charge in [-0.25, -0.2) is 0 Å². The number of hydrogen-bond acceptors (Lipinski definition) is 4. The largest absolute Gasteiger partial charge is 0.484 e. The number of amides is 2. The highest BCUT2D eigenvalue weighted by Crippen LogP contribution is 2.28. The molecule has 1 heterocycles. The van der Waals surface area contributed by atoms with Gasteiger partial charge in [-0.1, -0.05) is 12.1 Å². The van der Waals surface area contributed by atoms with Crippen LogP contribution in [0.1, 0.15) is 46.1 Å². The molecule has 150 valence electrons. The van der Waals surface area contributed by atoms with Crippen molar-refractivity contribution in [2.24, 2.45) is 0 Å². The Hall–Kier alpha value is -2.08. The Morgan fingerprint density at radius 1 is 1.26 bits per heavy atom. The first-order chi connectivity index (χ1) is 12.6. The van der Waals surface area contributed by atoms with Crippen molar-refractivity contribution < 1.29 is 19.1 Å². The van der Waals surface area contributed by atoms with Crippen LogP contribution in [0.3, 0.4) is 0 Å². The lowest BCUT2D eigenvalue weighted by Crippen LogP contribution is -2.54. The minimum Gasteiger partial charge on any atom is -0.484 e. The third kappa shape index (κ3) is 6.54. The number of nitrogens with zero attached hydrogens (tertiary/aromatic N) is 1. The maximum atomic E-state index is 12.6. The topological polar surface area (TPSA) is 67.9 Å². The van der Waals surface area contributed by atoms with Crippen LogP contribution in [-0.2, 0) is 14.3 Å². The summed E-state index contributed by atoms with van der Waals surface area (Å²) in [6.07, 6.45) is 1.78. The minimum absolute atomic E-state index is 0.0322. The molecule has 0 radical (unpaired) electrons. The van der Waals surface area contributed by atoms with Crippen molar-refractivity contribution in [3.8, 4) is 5.75 Å². The lowest BCUT2D eigenvalue weighted by atomic mass is 9.98. The second kappa shape index (κ2) is 8.74. The number of carbonyl (C=O) groups excluding carboxylic acids is 2. The molecule has 27 heavy (non-hydrogen) atoms. The van der Waals surface area contributed by atoms with Gasteiger partial charge in [-0.05, 0) is 65.2 Å². The Bertz CT molecular complexity index is 668. The van der Waals surface area contributed by atoms with Gasteiger partial charge in [0, 0.05) is 13.1 Å². The summed E-state index contributed by atoms with van der Waals surface area (Å²) in [5.74, 6) is 0.450. The summed E-state index contributed by atoms with van der Waals surface area (Å²) < 4.78 is 11.2. The van der Waals surface area contributed by atoms with Crippen molar-refractivity contribution in [2.75, 3.05) is 26.3 Å². The standard InChI is InChI=1S/C21H32N2O4/c1-16-8-6-9-17(12-16)26-13-18(24)22-15-21(5)10-7-11-23(21)19(25)14-27-20(2,3)4/h6,8-9,12H,7,10-11,13-15H2,1-5H3,(H,22,24). The van der Waals surface area contributed by atoms with Crippen LogP contribution < -0.4 is 10.1 Å². The normalized spacial score (nSPS) is 19.8. The van der Waals surface area contributed by atoms with E-state index in [1.165, 1.54) is 0 Å². The monoisotopic (exact) mass is 376 g/mol. The number of rotatable bonds is 7. The maximum Gasteiger partial charge on any atom is 0.258 e. The molecule has 6 nitrogen and oxygen atoms in total. The van der Waals surface area contributed by atoms with Crippen LogP contribution in [0.15, 0.2) is 24.3 Å². The molecule has 1 fully saturated rings. The lowest BCUT2D eigenvalue weighted by molar-refractivity contribution is -0.145. The van der Waals surface area contributed by atoms with E-state index in [1.54, 1.807) is 0 Å². The van der Waals surface area contributed by atoms with Crippen molar-refractivity contribution in [2.45, 2.75) is 58.6 Å². The molecule has 6 heteroatoms. The number of aryl methyl sites for hydroxylation is 1. The highest BCUT2D eigenvalue weighted by Gasteiger charge is 2.39. The van der Waals surface area contributed by atoms with Gasteiger partial charge in [0.15, 0.2) is 6.61 Å². The van der Waals surface area contributed by atoms with Crippen molar-refractivity contribution in [1.82, 2.24) is 10.2 Å². The molecule has 0 aromatic heterocycles. The zero-order valence-electron chi connectivity index (χ0n) is 17.1. The van der Waals surface area contributed by atoms with Crippen LogP contribution in [-0.4, -0.2) is 54.2 Å². The van der Waals surface area contributed by atoms with Crippen LogP contribution >= 0.6 is 0 Å². The number of benzene rings is 1. The van der Waals surface area contributed by atoms with Crippen molar-refractivity contribution in [1.29, 1.82) is 0 Å². The van der Waals surface area contributed by atoms with Gasteiger partial charge >= 0.3 is 0 Å². The Balaban J connectivity index is 1.83. The van der Waals surface area contributed by atoms with Crippen LogP contribution in [0, 0.1) is 6.92 Å². The highest BCUT2D eigenvalue weighted by atomic mass is 16.5. The molecule has 1 unspecified atom stereocenters. The summed E-state index contributed by atoms with van der Waals surface area (Å²) in [5, 5.41) is 2.91. The summed E-state index contributed by atoms with van der Waals surface area (Å²) in [4.78, 5) is 26.6. The molecule has 1 N–H and O–H groups in total. The van der Waals surface area contributed by atoms with Gasteiger partial charge < -0.3 is 19.7 Å². The lowest BCUT2D eigenvalue weighted by Gasteiger charge is -2.36. The molecule has 1 aromatic rings. The average molecular weight is 376 g/mol. The third-order valence-corrected chi connectivity index (χ3v) is 4.70. The predicted molar refractivity (Wildman–Crippen MR) is 105 cm³/mol. The first-order valence-corrected chi connectivity index (χ1v) is 9.50. The molecule has 1 aliphatic heterocycles.